The molecule has 0 bridgehead atoms. The summed E-state index contributed by atoms with van der Waals surface area (Å²) in [5.41, 5.74) is 21.0. The van der Waals surface area contributed by atoms with Crippen LogP contribution in [0.25, 0.3) is 77.2 Å². The molecule has 0 atom stereocenters. The Hall–Kier alpha value is -7.76. The number of para-hydroxylation sites is 6. The van der Waals surface area contributed by atoms with Gasteiger partial charge in [-0.15, -0.1) is 0 Å². The van der Waals surface area contributed by atoms with E-state index in [1.54, 1.807) is 0 Å². The highest BCUT2D eigenvalue weighted by Crippen LogP contribution is 2.52. The number of aromatic nitrogens is 2. The molecule has 0 spiro atoms. The number of hydrogen-bond donors (Lipinski definition) is 0. The molecular weight excluding hydrogens is 715 g/mol. The maximum atomic E-state index is 2.62. The highest BCUT2D eigenvalue weighted by Gasteiger charge is 2.49. The lowest BCUT2D eigenvalue weighted by atomic mass is 9.41. The third-order valence-corrected chi connectivity index (χ3v) is 13.2. The number of hydrogen-bond acceptors (Lipinski definition) is 2. The summed E-state index contributed by atoms with van der Waals surface area (Å²) in [6.45, 7) is 0.00294. The lowest BCUT2D eigenvalue weighted by molar-refractivity contribution is 1.17. The zero-order valence-corrected chi connectivity index (χ0v) is 31.9. The van der Waals surface area contributed by atoms with Crippen molar-refractivity contribution < 1.29 is 0 Å². The third-order valence-electron chi connectivity index (χ3n) is 13.2. The number of nitrogens with zero attached hydrogens (tertiary/aromatic N) is 4. The van der Waals surface area contributed by atoms with Crippen molar-refractivity contribution in [1.29, 1.82) is 0 Å². The van der Waals surface area contributed by atoms with E-state index < -0.39 is 0 Å². The zero-order chi connectivity index (χ0) is 38.3. The molecule has 5 heteroatoms. The van der Waals surface area contributed by atoms with Crippen LogP contribution in [0, 0.1) is 0 Å². The van der Waals surface area contributed by atoms with Crippen LogP contribution < -0.4 is 20.6 Å². The summed E-state index contributed by atoms with van der Waals surface area (Å²) in [6.07, 6.45) is 0. The van der Waals surface area contributed by atoms with Gasteiger partial charge in [-0.3, -0.25) is 0 Å². The first-order chi connectivity index (χ1) is 29.3. The Morgan fingerprint density at radius 3 is 1.49 bits per heavy atom. The maximum Gasteiger partial charge on any atom is 0.333 e. The largest absolute Gasteiger partial charge is 0.376 e. The predicted octanol–water partition coefficient (Wildman–Crippen LogP) is 12.6. The Balaban J connectivity index is 1.12. The molecule has 0 N–H and O–H groups in total. The summed E-state index contributed by atoms with van der Waals surface area (Å²) in [5.74, 6) is 0. The van der Waals surface area contributed by atoms with Gasteiger partial charge in [0.25, 0.3) is 0 Å². The third kappa shape index (κ3) is 4.04. The molecule has 3 aliphatic heterocycles. The van der Waals surface area contributed by atoms with Crippen molar-refractivity contribution >= 4 is 89.8 Å². The maximum absolute atomic E-state index is 2.62. The standard InChI is InChI=1S/C54H33BN4/c1-2-15-34(16-3-1)56-47-25-11-6-20-40(47)43-31-35(29-30-48(43)56)57-51-28-14-22-42-39-19-7-12-26-49(39)59-50-27-13-8-21-41(50)44-32-36(33-52(57)54(44)55(59)53(42)51)58-45-23-9-4-17-37(45)38-18-5-10-24-46(38)58/h1-33H. The van der Waals surface area contributed by atoms with Gasteiger partial charge >= 0.3 is 6.85 Å². The lowest BCUT2D eigenvalue weighted by Crippen LogP contribution is -2.63. The summed E-state index contributed by atoms with van der Waals surface area (Å²) >= 11 is 0. The van der Waals surface area contributed by atoms with Crippen molar-refractivity contribution in [3.05, 3.63) is 200 Å². The van der Waals surface area contributed by atoms with Crippen LogP contribution in [0.5, 0.6) is 0 Å². The van der Waals surface area contributed by atoms with Gasteiger partial charge in [0.05, 0.1) is 22.1 Å². The SMILES string of the molecule is c1ccc(-n2c3ccccc3c3cc(N4c5cccc6c5B5c7c(cc(-n8c9ccccc9c9ccccc98)cc74)-c4ccccc4N5c4ccccc4-6)ccc32)cc1. The van der Waals surface area contributed by atoms with Gasteiger partial charge in [-0.05, 0) is 101 Å². The Kier molecular flexibility index (Phi) is 6.07. The van der Waals surface area contributed by atoms with E-state index in [4.69, 9.17) is 0 Å². The fourth-order valence-corrected chi connectivity index (χ4v) is 10.9. The summed E-state index contributed by atoms with van der Waals surface area (Å²) in [5, 5.41) is 5.00. The number of fused-ring (bicyclic) bond motifs is 12. The molecule has 3 aliphatic rings. The Bertz CT molecular complexity index is 3540. The van der Waals surface area contributed by atoms with Crippen LogP contribution in [0.1, 0.15) is 0 Å². The van der Waals surface area contributed by atoms with Crippen molar-refractivity contribution in [2.75, 3.05) is 9.71 Å². The number of anilines is 5. The second kappa shape index (κ2) is 11.4. The van der Waals surface area contributed by atoms with E-state index in [1.165, 1.54) is 99.5 Å². The second-order valence-electron chi connectivity index (χ2n) is 16.1. The quantitative estimate of drug-likeness (QED) is 0.167. The Morgan fingerprint density at radius 2 is 0.797 bits per heavy atom. The van der Waals surface area contributed by atoms with Crippen LogP contribution in [-0.2, 0) is 0 Å². The van der Waals surface area contributed by atoms with E-state index in [1.807, 2.05) is 0 Å². The lowest BCUT2D eigenvalue weighted by Gasteiger charge is -2.49. The van der Waals surface area contributed by atoms with Gasteiger partial charge in [-0.1, -0.05) is 121 Å². The van der Waals surface area contributed by atoms with E-state index >= 15 is 0 Å². The van der Waals surface area contributed by atoms with Gasteiger partial charge in [0.1, 0.15) is 0 Å². The molecule has 0 saturated heterocycles. The molecule has 0 saturated carbocycles. The van der Waals surface area contributed by atoms with Crippen molar-refractivity contribution in [2.45, 2.75) is 0 Å². The molecule has 0 fully saturated rings. The number of rotatable bonds is 3. The summed E-state index contributed by atoms with van der Waals surface area (Å²) in [6, 6.07) is 74.3. The van der Waals surface area contributed by atoms with Crippen LogP contribution in [-0.4, -0.2) is 16.0 Å². The smallest absolute Gasteiger partial charge is 0.333 e. The van der Waals surface area contributed by atoms with E-state index in [9.17, 15) is 0 Å². The first kappa shape index (κ1) is 31.3. The number of benzene rings is 9. The molecular formula is C54H33BN4. The minimum atomic E-state index is 0.00294. The van der Waals surface area contributed by atoms with Crippen LogP contribution in [0.3, 0.4) is 0 Å². The molecule has 0 unspecified atom stereocenters. The molecule has 5 heterocycles. The van der Waals surface area contributed by atoms with E-state index in [0.717, 1.165) is 17.1 Å². The highest BCUT2D eigenvalue weighted by molar-refractivity contribution is 6.95. The molecule has 9 aromatic carbocycles. The summed E-state index contributed by atoms with van der Waals surface area (Å²) < 4.78 is 4.88. The van der Waals surface area contributed by atoms with Crippen molar-refractivity contribution in [3.63, 3.8) is 0 Å². The first-order valence-corrected chi connectivity index (χ1v) is 20.5. The first-order valence-electron chi connectivity index (χ1n) is 20.5. The fraction of sp³-hybridized carbons (Fsp3) is 0. The van der Waals surface area contributed by atoms with Crippen molar-refractivity contribution in [3.8, 4) is 33.6 Å². The fourth-order valence-electron chi connectivity index (χ4n) is 10.9. The predicted molar refractivity (Wildman–Crippen MR) is 248 cm³/mol. The summed E-state index contributed by atoms with van der Waals surface area (Å²) in [4.78, 5) is 5.19. The molecule has 272 valence electrons. The minimum absolute atomic E-state index is 0.00294. The van der Waals surface area contributed by atoms with Gasteiger partial charge < -0.3 is 18.8 Å². The average molecular weight is 749 g/mol. The highest BCUT2D eigenvalue weighted by atomic mass is 15.2. The Labute approximate surface area is 341 Å². The van der Waals surface area contributed by atoms with E-state index in [2.05, 4.69) is 219 Å². The minimum Gasteiger partial charge on any atom is -0.376 e. The van der Waals surface area contributed by atoms with Gasteiger partial charge in [0, 0.05) is 72.5 Å². The van der Waals surface area contributed by atoms with Crippen LogP contribution in [0.2, 0.25) is 0 Å². The molecule has 11 aromatic rings. The molecule has 59 heavy (non-hydrogen) atoms. The monoisotopic (exact) mass is 748 g/mol. The molecule has 0 aliphatic carbocycles. The van der Waals surface area contributed by atoms with Crippen molar-refractivity contribution in [1.82, 2.24) is 9.13 Å². The Morgan fingerprint density at radius 1 is 0.288 bits per heavy atom. The van der Waals surface area contributed by atoms with Gasteiger partial charge in [0.15, 0.2) is 0 Å². The van der Waals surface area contributed by atoms with E-state index in [-0.39, 0.29) is 6.85 Å². The molecule has 0 amide bonds. The topological polar surface area (TPSA) is 16.3 Å². The zero-order valence-electron chi connectivity index (χ0n) is 31.9. The van der Waals surface area contributed by atoms with Gasteiger partial charge in [-0.2, -0.15) is 0 Å². The van der Waals surface area contributed by atoms with Crippen molar-refractivity contribution in [2.24, 2.45) is 0 Å². The van der Waals surface area contributed by atoms with Crippen LogP contribution in [0.15, 0.2) is 200 Å². The van der Waals surface area contributed by atoms with E-state index in [0.29, 0.717) is 0 Å². The molecule has 4 nitrogen and oxygen atoms in total. The molecule has 2 aromatic heterocycles. The van der Waals surface area contributed by atoms with Crippen LogP contribution >= 0.6 is 0 Å². The van der Waals surface area contributed by atoms with Gasteiger partial charge in [0.2, 0.25) is 0 Å². The normalized spacial score (nSPS) is 13.3. The average Bonchev–Trinajstić information content (AvgIpc) is 3.82. The molecule has 14 rings (SSSR count). The molecule has 0 radical (unpaired) electrons. The summed E-state index contributed by atoms with van der Waals surface area (Å²) in [7, 11) is 0. The second-order valence-corrected chi connectivity index (χ2v) is 16.1. The van der Waals surface area contributed by atoms with Crippen LogP contribution in [0.4, 0.5) is 28.4 Å². The van der Waals surface area contributed by atoms with Gasteiger partial charge in [-0.25, -0.2) is 0 Å².